The summed E-state index contributed by atoms with van der Waals surface area (Å²) >= 11 is 2.91. The third-order valence-electron chi connectivity index (χ3n) is 6.00. The molecular formula is C21H27BrFN8O5P. The number of Topliss-reactive ketones (excluding diaryl/α,β-unsaturated/α-hetero) is 1. The maximum absolute atomic E-state index is 15.7. The number of rotatable bonds is 10. The van der Waals surface area contributed by atoms with Crippen LogP contribution < -0.4 is 16.6 Å². The molecule has 0 bridgehead atoms. The van der Waals surface area contributed by atoms with Crippen molar-refractivity contribution in [3.05, 3.63) is 36.4 Å². The number of carbonyl (C=O) groups is 1. The molecule has 4 heterocycles. The van der Waals surface area contributed by atoms with Gasteiger partial charge in [-0.3, -0.25) is 18.9 Å². The summed E-state index contributed by atoms with van der Waals surface area (Å²) in [6.07, 6.45) is -0.0946. The number of aromatic nitrogens is 5. The number of nitrogens with two attached hydrogens (primary N) is 2. The standard InChI is InChI=1S/C21H27BrFN8O5P/c1-11(12(2)32)9-37(34,28-7-13-4-3-5-26-6-13)35-8-14-16(33)21(22,23)19(36-14)31-10-27-15-17(24)29-20(25)30-18(15)31/h3-6,10-11,14,16,19,33H,7-9H2,1-2H3,(H,28,34)(H4,24,25,29,30)/t11-,14-,16?,19-,21-,37?/m1/s1. The quantitative estimate of drug-likeness (QED) is 0.195. The molecule has 6 N–H and O–H groups in total. The minimum Gasteiger partial charge on any atom is -0.386 e. The van der Waals surface area contributed by atoms with Gasteiger partial charge >= 0.3 is 0 Å². The van der Waals surface area contributed by atoms with Crippen LogP contribution in [0.15, 0.2) is 30.9 Å². The van der Waals surface area contributed by atoms with Crippen molar-refractivity contribution in [3.8, 4) is 0 Å². The van der Waals surface area contributed by atoms with E-state index in [0.29, 0.717) is 0 Å². The van der Waals surface area contributed by atoms with Gasteiger partial charge in [0.2, 0.25) is 10.5 Å². The topological polar surface area (TPSA) is 193 Å². The first-order valence-electron chi connectivity index (χ1n) is 11.3. The summed E-state index contributed by atoms with van der Waals surface area (Å²) < 4.78 is 39.6. The second-order valence-electron chi connectivity index (χ2n) is 8.80. The first kappa shape index (κ1) is 27.5. The van der Waals surface area contributed by atoms with Gasteiger partial charge in [-0.05, 0) is 34.5 Å². The number of nitrogens with zero attached hydrogens (tertiary/aromatic N) is 5. The van der Waals surface area contributed by atoms with Crippen LogP contribution in [-0.4, -0.2) is 64.9 Å². The van der Waals surface area contributed by atoms with E-state index in [0.717, 1.165) is 5.56 Å². The Morgan fingerprint density at radius 3 is 2.89 bits per heavy atom. The number of nitrogens with one attached hydrogen (secondary N) is 1. The van der Waals surface area contributed by atoms with Crippen molar-refractivity contribution in [3.63, 3.8) is 0 Å². The highest BCUT2D eigenvalue weighted by Gasteiger charge is 2.57. The number of halogens is 2. The number of imidazole rings is 1. The molecule has 4 rings (SSSR count). The van der Waals surface area contributed by atoms with Gasteiger partial charge in [-0.1, -0.05) is 13.0 Å². The predicted molar refractivity (Wildman–Crippen MR) is 136 cm³/mol. The third-order valence-corrected chi connectivity index (χ3v) is 9.10. The van der Waals surface area contributed by atoms with E-state index in [1.807, 2.05) is 0 Å². The molecule has 13 nitrogen and oxygen atoms in total. The SMILES string of the molecule is CC(=O)[C@H](C)CP(=O)(NCc1cccnc1)OC[C@H]1O[C@@H](n2cnc3c(N)nc(N)nc32)[C@@](F)(Br)C1O. The van der Waals surface area contributed by atoms with Crippen LogP contribution in [-0.2, 0) is 25.2 Å². The van der Waals surface area contributed by atoms with Crippen LogP contribution in [0.2, 0.25) is 0 Å². The summed E-state index contributed by atoms with van der Waals surface area (Å²) in [5.41, 5.74) is 12.5. The number of anilines is 2. The van der Waals surface area contributed by atoms with Crippen molar-refractivity contribution >= 4 is 52.2 Å². The van der Waals surface area contributed by atoms with E-state index >= 15 is 4.39 Å². The minimum atomic E-state index is -3.65. The Morgan fingerprint density at radius 1 is 1.46 bits per heavy atom. The summed E-state index contributed by atoms with van der Waals surface area (Å²) in [7, 11) is -3.65. The fourth-order valence-electron chi connectivity index (χ4n) is 3.79. The number of aliphatic hydroxyl groups is 1. The molecule has 0 amide bonds. The van der Waals surface area contributed by atoms with Gasteiger partial charge in [0.15, 0.2) is 17.7 Å². The van der Waals surface area contributed by atoms with E-state index < -0.39 is 43.1 Å². The molecule has 2 unspecified atom stereocenters. The molecule has 1 fully saturated rings. The van der Waals surface area contributed by atoms with Gasteiger partial charge in [0.1, 0.15) is 23.5 Å². The van der Waals surface area contributed by atoms with Gasteiger partial charge in [-0.25, -0.2) is 14.5 Å². The molecule has 1 aliphatic heterocycles. The third kappa shape index (κ3) is 5.81. The summed E-state index contributed by atoms with van der Waals surface area (Å²) in [5.74, 6) is -0.887. The van der Waals surface area contributed by atoms with Crippen LogP contribution in [0.4, 0.5) is 16.2 Å². The summed E-state index contributed by atoms with van der Waals surface area (Å²) in [4.78, 5) is 27.8. The first-order valence-corrected chi connectivity index (χ1v) is 13.9. The maximum Gasteiger partial charge on any atom is 0.270 e. The second-order valence-corrected chi connectivity index (χ2v) is 12.3. The lowest BCUT2D eigenvalue weighted by molar-refractivity contribution is -0.119. The number of pyridine rings is 1. The molecule has 0 spiro atoms. The molecule has 200 valence electrons. The van der Waals surface area contributed by atoms with Crippen LogP contribution in [0.5, 0.6) is 0 Å². The smallest absolute Gasteiger partial charge is 0.270 e. The van der Waals surface area contributed by atoms with Crippen molar-refractivity contribution in [2.24, 2.45) is 5.92 Å². The molecule has 37 heavy (non-hydrogen) atoms. The van der Waals surface area contributed by atoms with Gasteiger partial charge in [0.05, 0.1) is 12.9 Å². The molecule has 3 aromatic rings. The number of aliphatic hydroxyl groups excluding tert-OH is 1. The number of hydrogen-bond donors (Lipinski definition) is 4. The number of hydrogen-bond acceptors (Lipinski definition) is 11. The van der Waals surface area contributed by atoms with Gasteiger partial charge in [-0.15, -0.1) is 0 Å². The lowest BCUT2D eigenvalue weighted by atomic mass is 10.1. The fourth-order valence-corrected chi connectivity index (χ4v) is 6.53. The Bertz CT molecular complexity index is 1330. The van der Waals surface area contributed by atoms with Crippen molar-refractivity contribution in [2.75, 3.05) is 24.2 Å². The lowest BCUT2D eigenvalue weighted by Crippen LogP contribution is -2.38. The summed E-state index contributed by atoms with van der Waals surface area (Å²) in [6, 6.07) is 3.51. The Labute approximate surface area is 219 Å². The molecule has 1 saturated heterocycles. The van der Waals surface area contributed by atoms with Crippen LogP contribution in [0.1, 0.15) is 25.6 Å². The number of ketones is 1. The van der Waals surface area contributed by atoms with Crippen molar-refractivity contribution in [2.45, 2.75) is 43.4 Å². The number of ether oxygens (including phenoxy) is 1. The fraction of sp³-hybridized carbons (Fsp3) is 0.476. The normalized spacial score (nSPS) is 26.2. The summed E-state index contributed by atoms with van der Waals surface area (Å²) in [5, 5.41) is 13.6. The Balaban J connectivity index is 1.53. The van der Waals surface area contributed by atoms with Crippen LogP contribution >= 0.6 is 23.4 Å². The van der Waals surface area contributed by atoms with Crippen LogP contribution in [0.25, 0.3) is 11.2 Å². The van der Waals surface area contributed by atoms with E-state index in [-0.39, 0.29) is 41.4 Å². The molecule has 6 atom stereocenters. The molecule has 16 heteroatoms. The van der Waals surface area contributed by atoms with Crippen LogP contribution in [0.3, 0.4) is 0 Å². The van der Waals surface area contributed by atoms with E-state index in [1.54, 1.807) is 31.5 Å². The largest absolute Gasteiger partial charge is 0.386 e. The van der Waals surface area contributed by atoms with Gasteiger partial charge in [-0.2, -0.15) is 9.97 Å². The average molecular weight is 601 g/mol. The highest BCUT2D eigenvalue weighted by atomic mass is 79.9. The first-order chi connectivity index (χ1) is 17.4. The minimum absolute atomic E-state index is 0.000991. The number of nitrogen functional groups attached to an aromatic ring is 2. The van der Waals surface area contributed by atoms with Gasteiger partial charge in [0.25, 0.3) is 7.52 Å². The average Bonchev–Trinajstić information content (AvgIpc) is 3.35. The van der Waals surface area contributed by atoms with Crippen molar-refractivity contribution in [1.82, 2.24) is 29.6 Å². The number of alkyl halides is 2. The Kier molecular flexibility index (Phi) is 7.93. The summed E-state index contributed by atoms with van der Waals surface area (Å²) in [6.45, 7) is 2.74. The zero-order valence-electron chi connectivity index (χ0n) is 20.0. The number of fused-ring (bicyclic) bond motifs is 1. The molecule has 0 aromatic carbocycles. The Hall–Kier alpha value is -2.55. The Morgan fingerprint density at radius 2 is 2.22 bits per heavy atom. The lowest BCUT2D eigenvalue weighted by Gasteiger charge is -2.24. The monoisotopic (exact) mass is 600 g/mol. The predicted octanol–water partition coefficient (Wildman–Crippen LogP) is 1.93. The highest BCUT2D eigenvalue weighted by molar-refractivity contribution is 9.10. The molecule has 3 aromatic heterocycles. The van der Waals surface area contributed by atoms with E-state index in [1.165, 1.54) is 17.8 Å². The zero-order chi connectivity index (χ0) is 27.0. The van der Waals surface area contributed by atoms with Gasteiger partial charge in [0, 0.05) is 31.0 Å². The van der Waals surface area contributed by atoms with Crippen molar-refractivity contribution in [1.29, 1.82) is 0 Å². The van der Waals surface area contributed by atoms with Crippen LogP contribution in [0, 0.1) is 5.92 Å². The van der Waals surface area contributed by atoms with Crippen molar-refractivity contribution < 1.29 is 28.1 Å². The molecule has 0 radical (unpaired) electrons. The second kappa shape index (κ2) is 10.7. The van der Waals surface area contributed by atoms with E-state index in [4.69, 9.17) is 20.7 Å². The molecule has 0 saturated carbocycles. The van der Waals surface area contributed by atoms with E-state index in [2.05, 4.69) is 41.0 Å². The highest BCUT2D eigenvalue weighted by Crippen LogP contribution is 2.50. The number of carbonyl (C=O) groups excluding carboxylic acids is 1. The van der Waals surface area contributed by atoms with E-state index in [9.17, 15) is 14.5 Å². The zero-order valence-corrected chi connectivity index (χ0v) is 22.5. The van der Waals surface area contributed by atoms with Gasteiger partial charge < -0.3 is 25.8 Å². The molecule has 1 aliphatic rings. The maximum atomic E-state index is 15.7. The molecule has 0 aliphatic carbocycles. The molecular weight excluding hydrogens is 574 g/mol.